The van der Waals surface area contributed by atoms with Crippen molar-refractivity contribution in [2.24, 2.45) is 17.8 Å². The first-order chi connectivity index (χ1) is 15.3. The standard InChI is InChI=1S/C30H42O/c1-3-5-6-7-8-9-23-10-11-25-20-26(13-12-24(25)19-23)27-14-15-29-22-30(31-18-4-2)17-16-28(29)21-27/h4,14-17,21-26H,2-3,5-13,18-20H2,1H3/t23?,24-,25?,26-/m1/s1. The zero-order chi connectivity index (χ0) is 21.5. The molecule has 0 radical (unpaired) electrons. The van der Waals surface area contributed by atoms with Gasteiger partial charge < -0.3 is 4.74 Å². The molecule has 0 heterocycles. The Morgan fingerprint density at radius 1 is 0.871 bits per heavy atom. The Hall–Kier alpha value is -1.76. The van der Waals surface area contributed by atoms with Gasteiger partial charge in [-0.1, -0.05) is 88.8 Å². The Kier molecular flexibility index (Phi) is 8.11. The summed E-state index contributed by atoms with van der Waals surface area (Å²) in [5, 5.41) is 2.62. The Labute approximate surface area is 190 Å². The van der Waals surface area contributed by atoms with Crippen LogP contribution in [-0.4, -0.2) is 6.61 Å². The van der Waals surface area contributed by atoms with Gasteiger partial charge in [0.25, 0.3) is 0 Å². The molecule has 2 aliphatic carbocycles. The van der Waals surface area contributed by atoms with E-state index in [0.29, 0.717) is 6.61 Å². The highest BCUT2D eigenvalue weighted by Gasteiger charge is 2.35. The maximum absolute atomic E-state index is 5.70. The molecular formula is C30H42O. The molecular weight excluding hydrogens is 376 g/mol. The van der Waals surface area contributed by atoms with E-state index < -0.39 is 0 Å². The first kappa shape index (κ1) is 22.4. The van der Waals surface area contributed by atoms with Crippen LogP contribution in [0.4, 0.5) is 0 Å². The van der Waals surface area contributed by atoms with Crippen LogP contribution in [0, 0.1) is 17.8 Å². The van der Waals surface area contributed by atoms with Crippen molar-refractivity contribution in [3.05, 3.63) is 54.6 Å². The van der Waals surface area contributed by atoms with E-state index in [1.807, 2.05) is 0 Å². The van der Waals surface area contributed by atoms with Crippen LogP contribution in [0.1, 0.15) is 95.5 Å². The minimum absolute atomic E-state index is 0.563. The van der Waals surface area contributed by atoms with Gasteiger partial charge in [-0.15, -0.1) is 0 Å². The second-order valence-electron chi connectivity index (χ2n) is 10.3. The van der Waals surface area contributed by atoms with Gasteiger partial charge in [0, 0.05) is 0 Å². The number of rotatable bonds is 10. The van der Waals surface area contributed by atoms with Crippen molar-refractivity contribution in [3.63, 3.8) is 0 Å². The highest BCUT2D eigenvalue weighted by atomic mass is 16.5. The van der Waals surface area contributed by atoms with E-state index in [1.165, 1.54) is 87.8 Å². The molecule has 0 N–H and O–H groups in total. The summed E-state index contributed by atoms with van der Waals surface area (Å²) < 4.78 is 5.70. The zero-order valence-electron chi connectivity index (χ0n) is 19.7. The summed E-state index contributed by atoms with van der Waals surface area (Å²) in [6, 6.07) is 13.6. The minimum Gasteiger partial charge on any atom is -0.490 e. The van der Waals surface area contributed by atoms with Gasteiger partial charge in [0.2, 0.25) is 0 Å². The van der Waals surface area contributed by atoms with E-state index in [0.717, 1.165) is 29.4 Å². The largest absolute Gasteiger partial charge is 0.490 e. The topological polar surface area (TPSA) is 9.23 Å². The van der Waals surface area contributed by atoms with Gasteiger partial charge in [-0.05, 0) is 84.2 Å². The monoisotopic (exact) mass is 418 g/mol. The Bertz CT molecular complexity index is 837. The maximum atomic E-state index is 5.70. The number of fused-ring (bicyclic) bond motifs is 2. The normalized spacial score (nSPS) is 25.8. The van der Waals surface area contributed by atoms with Gasteiger partial charge in [-0.3, -0.25) is 0 Å². The Morgan fingerprint density at radius 2 is 1.65 bits per heavy atom. The van der Waals surface area contributed by atoms with E-state index in [4.69, 9.17) is 4.74 Å². The van der Waals surface area contributed by atoms with E-state index in [-0.39, 0.29) is 0 Å². The molecule has 1 heteroatoms. The predicted octanol–water partition coefficient (Wildman–Crippen LogP) is 9.07. The molecule has 0 aromatic heterocycles. The van der Waals surface area contributed by atoms with Crippen molar-refractivity contribution in [3.8, 4) is 5.75 Å². The molecule has 168 valence electrons. The lowest BCUT2D eigenvalue weighted by atomic mass is 9.63. The summed E-state index contributed by atoms with van der Waals surface area (Å²) in [4.78, 5) is 0. The number of hydrogen-bond donors (Lipinski definition) is 0. The SMILES string of the molecule is C=CCOc1ccc2cc([C@@H]3CC[C@@H]4CC(CCCCCCC)CCC4C3)ccc2c1. The van der Waals surface area contributed by atoms with Crippen LogP contribution in [0.2, 0.25) is 0 Å². The van der Waals surface area contributed by atoms with Crippen molar-refractivity contribution in [2.75, 3.05) is 6.61 Å². The number of benzene rings is 2. The summed E-state index contributed by atoms with van der Waals surface area (Å²) >= 11 is 0. The first-order valence-electron chi connectivity index (χ1n) is 13.0. The quantitative estimate of drug-likeness (QED) is 0.276. The average Bonchev–Trinajstić information content (AvgIpc) is 2.81. The number of hydrogen-bond acceptors (Lipinski definition) is 1. The minimum atomic E-state index is 0.563. The van der Waals surface area contributed by atoms with Gasteiger partial charge in [0.1, 0.15) is 12.4 Å². The van der Waals surface area contributed by atoms with E-state index in [2.05, 4.69) is 49.9 Å². The lowest BCUT2D eigenvalue weighted by Gasteiger charge is -2.42. The molecule has 0 aliphatic heterocycles. The predicted molar refractivity (Wildman–Crippen MR) is 134 cm³/mol. The van der Waals surface area contributed by atoms with Crippen LogP contribution >= 0.6 is 0 Å². The van der Waals surface area contributed by atoms with E-state index >= 15 is 0 Å². The lowest BCUT2D eigenvalue weighted by Crippen LogP contribution is -2.30. The molecule has 2 aromatic carbocycles. The molecule has 0 amide bonds. The molecule has 2 aromatic rings. The van der Waals surface area contributed by atoms with Crippen LogP contribution < -0.4 is 4.74 Å². The molecule has 1 nitrogen and oxygen atoms in total. The third kappa shape index (κ3) is 5.93. The first-order valence-corrected chi connectivity index (χ1v) is 13.0. The Balaban J connectivity index is 1.31. The number of ether oxygens (including phenoxy) is 1. The fourth-order valence-corrected chi connectivity index (χ4v) is 6.33. The van der Waals surface area contributed by atoms with Crippen LogP contribution in [0.3, 0.4) is 0 Å². The van der Waals surface area contributed by atoms with Gasteiger partial charge in [0.05, 0.1) is 0 Å². The molecule has 0 bridgehead atoms. The Morgan fingerprint density at radius 3 is 2.52 bits per heavy atom. The maximum Gasteiger partial charge on any atom is 0.120 e. The second-order valence-corrected chi connectivity index (χ2v) is 10.3. The average molecular weight is 419 g/mol. The highest BCUT2D eigenvalue weighted by molar-refractivity contribution is 5.84. The van der Waals surface area contributed by atoms with Gasteiger partial charge >= 0.3 is 0 Å². The third-order valence-corrected chi connectivity index (χ3v) is 8.11. The summed E-state index contributed by atoms with van der Waals surface area (Å²) in [6.45, 7) is 6.61. The smallest absolute Gasteiger partial charge is 0.120 e. The molecule has 2 aliphatic rings. The molecule has 4 rings (SSSR count). The lowest BCUT2D eigenvalue weighted by molar-refractivity contribution is 0.113. The molecule has 0 saturated heterocycles. The fourth-order valence-electron chi connectivity index (χ4n) is 6.33. The summed E-state index contributed by atoms with van der Waals surface area (Å²) in [7, 11) is 0. The summed E-state index contributed by atoms with van der Waals surface area (Å²) in [6.07, 6.45) is 19.2. The van der Waals surface area contributed by atoms with Gasteiger partial charge in [-0.25, -0.2) is 0 Å². The zero-order valence-corrected chi connectivity index (χ0v) is 19.7. The summed E-state index contributed by atoms with van der Waals surface area (Å²) in [5.41, 5.74) is 1.56. The number of unbranched alkanes of at least 4 members (excludes halogenated alkanes) is 4. The van der Waals surface area contributed by atoms with E-state index in [1.54, 1.807) is 11.6 Å². The molecule has 2 unspecified atom stereocenters. The second kappa shape index (κ2) is 11.2. The van der Waals surface area contributed by atoms with Crippen LogP contribution in [0.15, 0.2) is 49.1 Å². The van der Waals surface area contributed by atoms with Gasteiger partial charge in [0.15, 0.2) is 0 Å². The highest BCUT2D eigenvalue weighted by Crippen LogP contribution is 2.48. The van der Waals surface area contributed by atoms with Crippen LogP contribution in [0.25, 0.3) is 10.8 Å². The molecule has 2 fully saturated rings. The molecule has 2 saturated carbocycles. The van der Waals surface area contributed by atoms with E-state index in [9.17, 15) is 0 Å². The van der Waals surface area contributed by atoms with Crippen molar-refractivity contribution >= 4 is 10.8 Å². The van der Waals surface area contributed by atoms with Gasteiger partial charge in [-0.2, -0.15) is 0 Å². The molecule has 4 atom stereocenters. The molecule has 0 spiro atoms. The third-order valence-electron chi connectivity index (χ3n) is 8.11. The molecule has 31 heavy (non-hydrogen) atoms. The van der Waals surface area contributed by atoms with Crippen LogP contribution in [0.5, 0.6) is 5.75 Å². The van der Waals surface area contributed by atoms with Crippen LogP contribution in [-0.2, 0) is 0 Å². The fraction of sp³-hybridized carbons (Fsp3) is 0.600. The van der Waals surface area contributed by atoms with Crippen molar-refractivity contribution in [1.29, 1.82) is 0 Å². The summed E-state index contributed by atoms with van der Waals surface area (Å²) in [5.74, 6) is 4.70. The van der Waals surface area contributed by atoms with Crippen molar-refractivity contribution in [1.82, 2.24) is 0 Å². The van der Waals surface area contributed by atoms with Crippen molar-refractivity contribution < 1.29 is 4.74 Å². The van der Waals surface area contributed by atoms with Crippen molar-refractivity contribution in [2.45, 2.75) is 89.9 Å².